The summed E-state index contributed by atoms with van der Waals surface area (Å²) in [5.41, 5.74) is 6.01. The topological polar surface area (TPSA) is 120 Å². The van der Waals surface area contributed by atoms with Crippen molar-refractivity contribution in [1.29, 1.82) is 0 Å². The molecule has 20 heavy (non-hydrogen) atoms. The van der Waals surface area contributed by atoms with E-state index in [0.717, 1.165) is 0 Å². The fraction of sp³-hybridized carbons (Fsp3) is 0.273. The van der Waals surface area contributed by atoms with E-state index in [1.165, 1.54) is 31.7 Å². The van der Waals surface area contributed by atoms with Crippen molar-refractivity contribution in [1.82, 2.24) is 14.9 Å². The maximum atomic E-state index is 12.1. The summed E-state index contributed by atoms with van der Waals surface area (Å²) in [7, 11) is -2.21. The van der Waals surface area contributed by atoms with Crippen LogP contribution in [0.5, 0.6) is 5.75 Å². The van der Waals surface area contributed by atoms with Gasteiger partial charge in [-0.15, -0.1) is 0 Å². The zero-order chi connectivity index (χ0) is 14.6. The van der Waals surface area contributed by atoms with E-state index >= 15 is 0 Å². The third-order valence-electron chi connectivity index (χ3n) is 2.56. The highest BCUT2D eigenvalue weighted by atomic mass is 32.2. The van der Waals surface area contributed by atoms with E-state index in [-0.39, 0.29) is 11.4 Å². The number of methoxy groups -OCH3 is 1. The van der Waals surface area contributed by atoms with Crippen molar-refractivity contribution in [2.45, 2.75) is 11.3 Å². The van der Waals surface area contributed by atoms with Crippen LogP contribution >= 0.6 is 0 Å². The minimum absolute atomic E-state index is 0.0802. The number of hydrogen-bond donors (Lipinski definition) is 2. The number of nitrogens with zero attached hydrogens (tertiary/aromatic N) is 2. The van der Waals surface area contributed by atoms with Crippen LogP contribution in [0.3, 0.4) is 0 Å². The van der Waals surface area contributed by atoms with Crippen LogP contribution in [0.25, 0.3) is 0 Å². The summed E-state index contributed by atoms with van der Waals surface area (Å²) in [6, 6.07) is 4.26. The Labute approximate surface area is 116 Å². The molecule has 2 aromatic rings. The van der Waals surface area contributed by atoms with Crippen LogP contribution in [0.1, 0.15) is 5.82 Å². The summed E-state index contributed by atoms with van der Waals surface area (Å²) in [4.78, 5) is 3.88. The molecule has 0 aliphatic carbocycles. The van der Waals surface area contributed by atoms with E-state index in [9.17, 15) is 8.42 Å². The Hall–Kier alpha value is -2.13. The number of aromatic nitrogens is 2. The summed E-state index contributed by atoms with van der Waals surface area (Å²) >= 11 is 0. The van der Waals surface area contributed by atoms with E-state index in [0.29, 0.717) is 23.7 Å². The SMILES string of the molecule is COc1cc(S(=O)(=O)NCCc2ncon2)ccc1N. The molecule has 8 nitrogen and oxygen atoms in total. The second-order valence-electron chi connectivity index (χ2n) is 3.90. The lowest BCUT2D eigenvalue weighted by Crippen LogP contribution is -2.26. The van der Waals surface area contributed by atoms with Gasteiger partial charge in [-0.2, -0.15) is 4.98 Å². The summed E-state index contributed by atoms with van der Waals surface area (Å²) in [6.07, 6.45) is 1.52. The van der Waals surface area contributed by atoms with Crippen LogP contribution in [0.4, 0.5) is 5.69 Å². The molecular weight excluding hydrogens is 284 g/mol. The number of nitrogen functional groups attached to an aromatic ring is 1. The first-order valence-corrected chi connectivity index (χ1v) is 7.19. The van der Waals surface area contributed by atoms with E-state index in [1.54, 1.807) is 0 Å². The van der Waals surface area contributed by atoms with Gasteiger partial charge < -0.3 is 15.0 Å². The standard InChI is InChI=1S/C11H14N4O4S/c1-18-10-6-8(2-3-9(10)12)20(16,17)14-5-4-11-13-7-19-15-11/h2-3,6-7,14H,4-5,12H2,1H3. The van der Waals surface area contributed by atoms with Crippen molar-refractivity contribution in [2.75, 3.05) is 19.4 Å². The van der Waals surface area contributed by atoms with Crippen LogP contribution in [0.2, 0.25) is 0 Å². The molecule has 3 N–H and O–H groups in total. The highest BCUT2D eigenvalue weighted by Gasteiger charge is 2.15. The predicted octanol–water partition coefficient (Wildman–Crippen LogP) is 0.181. The fourth-order valence-electron chi connectivity index (χ4n) is 1.54. The molecule has 1 heterocycles. The molecule has 0 spiro atoms. The normalized spacial score (nSPS) is 11.4. The molecule has 108 valence electrons. The average Bonchev–Trinajstić information content (AvgIpc) is 2.92. The van der Waals surface area contributed by atoms with E-state index in [2.05, 4.69) is 19.4 Å². The van der Waals surface area contributed by atoms with Gasteiger partial charge in [0.2, 0.25) is 16.4 Å². The van der Waals surface area contributed by atoms with Crippen molar-refractivity contribution in [3.63, 3.8) is 0 Å². The average molecular weight is 298 g/mol. The van der Waals surface area contributed by atoms with Crippen LogP contribution in [-0.2, 0) is 16.4 Å². The van der Waals surface area contributed by atoms with Crippen LogP contribution in [-0.4, -0.2) is 32.2 Å². The number of rotatable bonds is 6. The van der Waals surface area contributed by atoms with Crippen molar-refractivity contribution in [3.8, 4) is 5.75 Å². The Morgan fingerprint density at radius 3 is 2.90 bits per heavy atom. The zero-order valence-corrected chi connectivity index (χ0v) is 11.6. The van der Waals surface area contributed by atoms with Gasteiger partial charge in [-0.05, 0) is 12.1 Å². The van der Waals surface area contributed by atoms with Gasteiger partial charge in [0.1, 0.15) is 5.75 Å². The largest absolute Gasteiger partial charge is 0.495 e. The number of benzene rings is 1. The number of hydrogen-bond acceptors (Lipinski definition) is 7. The second-order valence-corrected chi connectivity index (χ2v) is 5.67. The lowest BCUT2D eigenvalue weighted by molar-refractivity contribution is 0.409. The van der Waals surface area contributed by atoms with Crippen LogP contribution < -0.4 is 15.2 Å². The third kappa shape index (κ3) is 3.25. The smallest absolute Gasteiger partial charge is 0.240 e. The molecule has 0 bridgehead atoms. The Morgan fingerprint density at radius 1 is 1.45 bits per heavy atom. The van der Waals surface area contributed by atoms with Gasteiger partial charge in [0.25, 0.3) is 0 Å². The molecule has 0 unspecified atom stereocenters. The highest BCUT2D eigenvalue weighted by molar-refractivity contribution is 7.89. The first-order chi connectivity index (χ1) is 9.53. The van der Waals surface area contributed by atoms with Crippen molar-refractivity contribution in [2.24, 2.45) is 0 Å². The molecule has 2 rings (SSSR count). The maximum Gasteiger partial charge on any atom is 0.240 e. The maximum absolute atomic E-state index is 12.1. The lowest BCUT2D eigenvalue weighted by Gasteiger charge is -2.09. The fourth-order valence-corrected chi connectivity index (χ4v) is 2.59. The highest BCUT2D eigenvalue weighted by Crippen LogP contribution is 2.24. The summed E-state index contributed by atoms with van der Waals surface area (Å²) < 4.78 is 36.1. The molecule has 0 saturated carbocycles. The Balaban J connectivity index is 2.06. The number of nitrogens with two attached hydrogens (primary N) is 1. The minimum Gasteiger partial charge on any atom is -0.495 e. The lowest BCUT2D eigenvalue weighted by atomic mass is 10.3. The molecule has 0 aliphatic heterocycles. The van der Waals surface area contributed by atoms with Crippen LogP contribution in [0.15, 0.2) is 34.0 Å². The quantitative estimate of drug-likeness (QED) is 0.730. The van der Waals surface area contributed by atoms with Gasteiger partial charge >= 0.3 is 0 Å². The number of anilines is 1. The molecule has 1 aromatic carbocycles. The number of ether oxygens (including phenoxy) is 1. The third-order valence-corrected chi connectivity index (χ3v) is 4.02. The summed E-state index contributed by atoms with van der Waals surface area (Å²) in [5.74, 6) is 0.744. The van der Waals surface area contributed by atoms with Gasteiger partial charge in [0, 0.05) is 19.0 Å². The predicted molar refractivity (Wildman–Crippen MR) is 70.6 cm³/mol. The van der Waals surface area contributed by atoms with Gasteiger partial charge in [-0.3, -0.25) is 0 Å². The van der Waals surface area contributed by atoms with Gasteiger partial charge in [-0.25, -0.2) is 13.1 Å². The molecule has 0 radical (unpaired) electrons. The van der Waals surface area contributed by atoms with Gasteiger partial charge in [-0.1, -0.05) is 5.16 Å². The zero-order valence-electron chi connectivity index (χ0n) is 10.7. The van der Waals surface area contributed by atoms with Crippen molar-refractivity contribution in [3.05, 3.63) is 30.4 Å². The monoisotopic (exact) mass is 298 g/mol. The van der Waals surface area contributed by atoms with Crippen molar-refractivity contribution < 1.29 is 17.7 Å². The molecule has 0 atom stereocenters. The Morgan fingerprint density at radius 2 is 2.25 bits per heavy atom. The van der Waals surface area contributed by atoms with Gasteiger partial charge in [0.05, 0.1) is 17.7 Å². The Kier molecular flexibility index (Phi) is 4.20. The first kappa shape index (κ1) is 14.3. The van der Waals surface area contributed by atoms with E-state index in [4.69, 9.17) is 10.5 Å². The summed E-state index contributed by atoms with van der Waals surface area (Å²) in [5, 5.41) is 3.59. The van der Waals surface area contributed by atoms with Crippen molar-refractivity contribution >= 4 is 15.7 Å². The molecule has 0 fully saturated rings. The van der Waals surface area contributed by atoms with Gasteiger partial charge in [0.15, 0.2) is 5.82 Å². The molecule has 1 aromatic heterocycles. The molecule has 0 aliphatic rings. The summed E-state index contributed by atoms with van der Waals surface area (Å²) in [6.45, 7) is 0.161. The number of sulfonamides is 1. The molecule has 9 heteroatoms. The number of nitrogens with one attached hydrogen (secondary N) is 1. The first-order valence-electron chi connectivity index (χ1n) is 5.71. The molecule has 0 saturated heterocycles. The molecular formula is C11H14N4O4S. The van der Waals surface area contributed by atoms with Crippen LogP contribution in [0, 0.1) is 0 Å². The van der Waals surface area contributed by atoms with E-state index in [1.807, 2.05) is 0 Å². The second kappa shape index (κ2) is 5.88. The Bertz CT molecular complexity index is 670. The van der Waals surface area contributed by atoms with E-state index < -0.39 is 10.0 Å². The minimum atomic E-state index is -3.63. The molecule has 0 amide bonds.